The Balaban J connectivity index is 2.36. The lowest BCUT2D eigenvalue weighted by Gasteiger charge is -2.16. The van der Waals surface area contributed by atoms with Crippen LogP contribution in [0.5, 0.6) is 0 Å². The molecule has 0 aromatic carbocycles. The second kappa shape index (κ2) is 5.35. The summed E-state index contributed by atoms with van der Waals surface area (Å²) in [6, 6.07) is 0. The van der Waals surface area contributed by atoms with Crippen LogP contribution in [0.3, 0.4) is 0 Å². The summed E-state index contributed by atoms with van der Waals surface area (Å²) in [4.78, 5) is 0. The average Bonchev–Trinajstić information content (AvgIpc) is 2.44. The predicted molar refractivity (Wildman–Crippen MR) is 59.4 cm³/mol. The molecule has 1 fully saturated rings. The molecule has 1 aliphatic heterocycles. The normalized spacial score (nSPS) is 37.1. The van der Waals surface area contributed by atoms with E-state index in [4.69, 9.17) is 5.11 Å². The van der Waals surface area contributed by atoms with Gasteiger partial charge in [0, 0.05) is 18.9 Å². The van der Waals surface area contributed by atoms with Gasteiger partial charge in [-0.1, -0.05) is 6.92 Å². The molecular weight excluding hydrogens is 200 g/mol. The Hall–Kier alpha value is 0.230. The molecule has 3 nitrogen and oxygen atoms in total. The van der Waals surface area contributed by atoms with E-state index in [0.717, 1.165) is 17.9 Å². The van der Waals surface area contributed by atoms with E-state index in [1.165, 1.54) is 0 Å². The molecule has 0 spiro atoms. The Morgan fingerprint density at radius 1 is 1.50 bits per heavy atom. The van der Waals surface area contributed by atoms with E-state index in [-0.39, 0.29) is 29.5 Å². The molecule has 1 rings (SSSR count). The minimum Gasteiger partial charge on any atom is -0.396 e. The van der Waals surface area contributed by atoms with E-state index < -0.39 is 6.10 Å². The van der Waals surface area contributed by atoms with Crippen molar-refractivity contribution in [1.29, 1.82) is 0 Å². The highest BCUT2D eigenvalue weighted by Crippen LogP contribution is 2.24. The van der Waals surface area contributed by atoms with Crippen LogP contribution >= 0.6 is 0 Å². The van der Waals surface area contributed by atoms with Crippen molar-refractivity contribution in [3.05, 3.63) is 0 Å². The Bertz CT molecular complexity index is 177. The van der Waals surface area contributed by atoms with Crippen LogP contribution in [0.15, 0.2) is 0 Å². The summed E-state index contributed by atoms with van der Waals surface area (Å²) in [7, 11) is 0.134. The molecule has 0 saturated carbocycles. The molecule has 14 heavy (non-hydrogen) atoms. The highest BCUT2D eigenvalue weighted by molar-refractivity contribution is 7.97. The standard InChI is InChI=1S/C10H21O3S/c1-7(4-11)10(13)6-14-5-9(12)3-8(14)2/h7-13H,3-6H2,1-2H3/q+1. The van der Waals surface area contributed by atoms with Crippen molar-refractivity contribution >= 4 is 10.9 Å². The first-order valence-corrected chi connectivity index (χ1v) is 6.80. The minimum absolute atomic E-state index is 0.0370. The largest absolute Gasteiger partial charge is 0.396 e. The van der Waals surface area contributed by atoms with Crippen molar-refractivity contribution in [1.82, 2.24) is 0 Å². The Morgan fingerprint density at radius 2 is 2.14 bits per heavy atom. The number of hydrogen-bond donors (Lipinski definition) is 3. The third-order valence-corrected chi connectivity index (χ3v) is 5.82. The molecule has 4 heteroatoms. The molecule has 0 bridgehead atoms. The molecule has 84 valence electrons. The van der Waals surface area contributed by atoms with Crippen LogP contribution in [0.25, 0.3) is 0 Å². The van der Waals surface area contributed by atoms with E-state index in [1.54, 1.807) is 0 Å². The van der Waals surface area contributed by atoms with Gasteiger partial charge in [-0.3, -0.25) is 0 Å². The first-order valence-electron chi connectivity index (χ1n) is 5.17. The van der Waals surface area contributed by atoms with Gasteiger partial charge in [-0.05, 0) is 17.8 Å². The maximum absolute atomic E-state index is 9.75. The highest BCUT2D eigenvalue weighted by Gasteiger charge is 2.40. The third kappa shape index (κ3) is 3.12. The molecule has 1 saturated heterocycles. The Morgan fingerprint density at radius 3 is 2.57 bits per heavy atom. The highest BCUT2D eigenvalue weighted by atomic mass is 32.2. The fourth-order valence-electron chi connectivity index (χ4n) is 1.74. The van der Waals surface area contributed by atoms with Gasteiger partial charge >= 0.3 is 0 Å². The van der Waals surface area contributed by atoms with Gasteiger partial charge in [0.25, 0.3) is 0 Å². The van der Waals surface area contributed by atoms with Crippen LogP contribution in [0.4, 0.5) is 0 Å². The summed E-state index contributed by atoms with van der Waals surface area (Å²) in [5.41, 5.74) is 0. The number of aliphatic hydroxyl groups is 3. The summed E-state index contributed by atoms with van der Waals surface area (Å²) in [5.74, 6) is 1.52. The molecule has 5 unspecified atom stereocenters. The smallest absolute Gasteiger partial charge is 0.134 e. The minimum atomic E-state index is -0.420. The van der Waals surface area contributed by atoms with Crippen LogP contribution in [-0.2, 0) is 10.9 Å². The van der Waals surface area contributed by atoms with E-state index >= 15 is 0 Å². The van der Waals surface area contributed by atoms with Gasteiger partial charge in [-0.2, -0.15) is 0 Å². The molecule has 3 N–H and O–H groups in total. The van der Waals surface area contributed by atoms with Crippen LogP contribution in [0, 0.1) is 5.92 Å². The monoisotopic (exact) mass is 221 g/mol. The number of rotatable bonds is 4. The van der Waals surface area contributed by atoms with E-state index in [0.29, 0.717) is 5.25 Å². The molecular formula is C10H21O3S+. The van der Waals surface area contributed by atoms with Crippen molar-refractivity contribution < 1.29 is 15.3 Å². The quantitative estimate of drug-likeness (QED) is 0.574. The summed E-state index contributed by atoms with van der Waals surface area (Å²) in [6.07, 6.45) is 0.268. The SMILES string of the molecule is CC(CO)C(O)C[S+]1CC(O)CC1C. The Labute approximate surface area is 88.5 Å². The maximum atomic E-state index is 9.75. The van der Waals surface area contributed by atoms with Gasteiger partial charge in [-0.15, -0.1) is 0 Å². The van der Waals surface area contributed by atoms with E-state index in [9.17, 15) is 10.2 Å². The van der Waals surface area contributed by atoms with Crippen LogP contribution in [0.2, 0.25) is 0 Å². The zero-order valence-corrected chi connectivity index (χ0v) is 9.70. The van der Waals surface area contributed by atoms with Crippen molar-refractivity contribution in [3.8, 4) is 0 Å². The average molecular weight is 221 g/mol. The second-order valence-corrected chi connectivity index (χ2v) is 6.84. The zero-order chi connectivity index (χ0) is 10.7. The lowest BCUT2D eigenvalue weighted by Crippen LogP contribution is -2.32. The number of aliphatic hydroxyl groups excluding tert-OH is 3. The molecule has 0 aliphatic carbocycles. The summed E-state index contributed by atoms with van der Waals surface area (Å²) >= 11 is 0. The molecule has 0 aromatic heterocycles. The predicted octanol–water partition coefficient (Wildman–Crippen LogP) is -0.253. The van der Waals surface area contributed by atoms with Gasteiger partial charge < -0.3 is 15.3 Å². The summed E-state index contributed by atoms with van der Waals surface area (Å²) in [6.45, 7) is 4.02. The summed E-state index contributed by atoms with van der Waals surface area (Å²) in [5, 5.41) is 28.6. The first-order chi connectivity index (χ1) is 6.54. The molecule has 0 radical (unpaired) electrons. The number of hydrogen-bond acceptors (Lipinski definition) is 3. The van der Waals surface area contributed by atoms with Gasteiger partial charge in [0.15, 0.2) is 0 Å². The van der Waals surface area contributed by atoms with Crippen molar-refractivity contribution in [2.45, 2.75) is 37.7 Å². The van der Waals surface area contributed by atoms with Crippen LogP contribution in [-0.4, -0.2) is 50.9 Å². The van der Waals surface area contributed by atoms with E-state index in [2.05, 4.69) is 6.92 Å². The van der Waals surface area contributed by atoms with Gasteiger partial charge in [0.05, 0.1) is 0 Å². The molecule has 0 amide bonds. The molecule has 5 atom stereocenters. The van der Waals surface area contributed by atoms with Crippen molar-refractivity contribution in [2.24, 2.45) is 5.92 Å². The lowest BCUT2D eigenvalue weighted by atomic mass is 10.1. The molecule has 0 aromatic rings. The lowest BCUT2D eigenvalue weighted by molar-refractivity contribution is 0.0942. The van der Waals surface area contributed by atoms with Crippen molar-refractivity contribution in [3.63, 3.8) is 0 Å². The second-order valence-electron chi connectivity index (χ2n) is 4.30. The van der Waals surface area contributed by atoms with Gasteiger partial charge in [0.2, 0.25) is 0 Å². The van der Waals surface area contributed by atoms with Crippen molar-refractivity contribution in [2.75, 3.05) is 18.1 Å². The fourth-order valence-corrected chi connectivity index (χ4v) is 4.42. The van der Waals surface area contributed by atoms with Crippen LogP contribution in [0.1, 0.15) is 20.3 Å². The maximum Gasteiger partial charge on any atom is 0.134 e. The van der Waals surface area contributed by atoms with Crippen LogP contribution < -0.4 is 0 Å². The zero-order valence-electron chi connectivity index (χ0n) is 8.89. The third-order valence-electron chi connectivity index (χ3n) is 2.91. The molecule has 1 aliphatic rings. The molecule has 1 heterocycles. The van der Waals surface area contributed by atoms with E-state index in [1.807, 2.05) is 6.92 Å². The topological polar surface area (TPSA) is 60.7 Å². The van der Waals surface area contributed by atoms with Gasteiger partial charge in [0.1, 0.15) is 29.0 Å². The fraction of sp³-hybridized carbons (Fsp3) is 1.00. The van der Waals surface area contributed by atoms with Gasteiger partial charge in [-0.25, -0.2) is 0 Å². The summed E-state index contributed by atoms with van der Waals surface area (Å²) < 4.78 is 0. The Kier molecular flexibility index (Phi) is 4.70. The first kappa shape index (κ1) is 12.3.